The monoisotopic (exact) mass is 229 g/mol. The molecule has 1 aromatic rings. The lowest BCUT2D eigenvalue weighted by atomic mass is 10.1. The zero-order valence-corrected chi connectivity index (χ0v) is 8.01. The average Bonchev–Trinajstić information content (AvgIpc) is 2.61. The molecule has 0 saturated heterocycles. The van der Waals surface area contributed by atoms with Gasteiger partial charge in [-0.15, -0.1) is 0 Å². The molecule has 0 spiro atoms. The minimum absolute atomic E-state index is 0.313. The third kappa shape index (κ3) is 1.17. The maximum Gasteiger partial charge on any atom is 0.152 e. The molecule has 2 rings (SSSR count). The van der Waals surface area contributed by atoms with E-state index in [0.29, 0.717) is 12.0 Å². The summed E-state index contributed by atoms with van der Waals surface area (Å²) in [5.41, 5.74) is 4.92. The van der Waals surface area contributed by atoms with Crippen molar-refractivity contribution in [2.75, 3.05) is 0 Å². The van der Waals surface area contributed by atoms with Gasteiger partial charge in [0.2, 0.25) is 0 Å². The number of halogens is 2. The van der Waals surface area contributed by atoms with Gasteiger partial charge in [-0.25, -0.2) is 4.39 Å². The predicted octanol–water partition coefficient (Wildman–Crippen LogP) is 2.34. The number of hydrogen-bond donors (Lipinski definition) is 1. The number of hydrogen-bond acceptors (Lipinski definition) is 1. The van der Waals surface area contributed by atoms with Crippen molar-refractivity contribution < 1.29 is 4.39 Å². The van der Waals surface area contributed by atoms with Crippen LogP contribution in [0.1, 0.15) is 12.0 Å². The minimum Gasteiger partial charge on any atom is -0.325 e. The first-order valence-corrected chi connectivity index (χ1v) is 4.63. The van der Waals surface area contributed by atoms with Crippen LogP contribution in [-0.2, 0) is 5.67 Å². The summed E-state index contributed by atoms with van der Waals surface area (Å²) in [6, 6.07) is 6.95. The van der Waals surface area contributed by atoms with Gasteiger partial charge in [0.1, 0.15) is 0 Å². The van der Waals surface area contributed by atoms with E-state index in [4.69, 9.17) is 5.73 Å². The molecule has 1 fully saturated rings. The van der Waals surface area contributed by atoms with Crippen LogP contribution in [-0.4, -0.2) is 6.04 Å². The predicted molar refractivity (Wildman–Crippen MR) is 49.5 cm³/mol. The van der Waals surface area contributed by atoms with Crippen LogP contribution < -0.4 is 5.73 Å². The van der Waals surface area contributed by atoms with Crippen molar-refractivity contribution in [3.8, 4) is 0 Å². The Labute approximate surface area is 78.9 Å². The minimum atomic E-state index is -1.26. The van der Waals surface area contributed by atoms with Crippen molar-refractivity contribution in [1.29, 1.82) is 0 Å². The van der Waals surface area contributed by atoms with E-state index >= 15 is 0 Å². The van der Waals surface area contributed by atoms with Gasteiger partial charge in [0.15, 0.2) is 5.67 Å². The molecule has 1 nitrogen and oxygen atoms in total. The fourth-order valence-electron chi connectivity index (χ4n) is 1.34. The molecule has 0 aliphatic heterocycles. The molecule has 0 radical (unpaired) electrons. The second-order valence-electron chi connectivity index (χ2n) is 3.18. The molecule has 1 aromatic carbocycles. The van der Waals surface area contributed by atoms with E-state index in [1.165, 1.54) is 0 Å². The highest BCUT2D eigenvalue weighted by Crippen LogP contribution is 2.48. The molecule has 1 aliphatic rings. The zero-order chi connectivity index (χ0) is 8.77. The third-order valence-electron chi connectivity index (χ3n) is 2.25. The van der Waals surface area contributed by atoms with Gasteiger partial charge in [0, 0.05) is 16.9 Å². The van der Waals surface area contributed by atoms with E-state index in [1.54, 1.807) is 12.1 Å². The summed E-state index contributed by atoms with van der Waals surface area (Å²) < 4.78 is 14.6. The van der Waals surface area contributed by atoms with Crippen LogP contribution in [0.4, 0.5) is 4.39 Å². The van der Waals surface area contributed by atoms with E-state index in [-0.39, 0.29) is 6.04 Å². The largest absolute Gasteiger partial charge is 0.325 e. The molecule has 2 N–H and O–H groups in total. The smallest absolute Gasteiger partial charge is 0.152 e. The summed E-state index contributed by atoms with van der Waals surface area (Å²) in [6.07, 6.45) is 0.448. The lowest BCUT2D eigenvalue weighted by Gasteiger charge is -2.05. The Morgan fingerprint density at radius 2 is 2.25 bits per heavy atom. The molecule has 0 aromatic heterocycles. The number of benzene rings is 1. The first-order valence-electron chi connectivity index (χ1n) is 3.83. The molecule has 1 aliphatic carbocycles. The van der Waals surface area contributed by atoms with Crippen molar-refractivity contribution in [1.82, 2.24) is 0 Å². The van der Waals surface area contributed by atoms with Crippen LogP contribution in [0.15, 0.2) is 28.7 Å². The molecule has 3 heteroatoms. The summed E-state index contributed by atoms with van der Waals surface area (Å²) in [4.78, 5) is 0. The molecule has 0 unspecified atom stereocenters. The van der Waals surface area contributed by atoms with E-state index < -0.39 is 5.67 Å². The average molecular weight is 230 g/mol. The molecule has 64 valence electrons. The van der Waals surface area contributed by atoms with Crippen LogP contribution in [0.3, 0.4) is 0 Å². The van der Waals surface area contributed by atoms with Crippen LogP contribution in [0.25, 0.3) is 0 Å². The fraction of sp³-hybridized carbons (Fsp3) is 0.333. The zero-order valence-electron chi connectivity index (χ0n) is 6.43. The van der Waals surface area contributed by atoms with Crippen molar-refractivity contribution >= 4 is 15.9 Å². The van der Waals surface area contributed by atoms with Gasteiger partial charge in [-0.05, 0) is 17.7 Å². The molecule has 1 saturated carbocycles. The Hall–Kier alpha value is -0.410. The van der Waals surface area contributed by atoms with Gasteiger partial charge >= 0.3 is 0 Å². The van der Waals surface area contributed by atoms with Gasteiger partial charge in [-0.2, -0.15) is 0 Å². The Morgan fingerprint density at radius 1 is 1.58 bits per heavy atom. The van der Waals surface area contributed by atoms with Crippen LogP contribution in [0.5, 0.6) is 0 Å². The van der Waals surface area contributed by atoms with Crippen molar-refractivity contribution in [3.63, 3.8) is 0 Å². The van der Waals surface area contributed by atoms with Gasteiger partial charge < -0.3 is 5.73 Å². The Bertz CT molecular complexity index is 315. The molecule has 2 atom stereocenters. The van der Waals surface area contributed by atoms with Gasteiger partial charge in [-0.3, -0.25) is 0 Å². The lowest BCUT2D eigenvalue weighted by molar-refractivity contribution is 0.306. The van der Waals surface area contributed by atoms with Crippen LogP contribution >= 0.6 is 15.9 Å². The lowest BCUT2D eigenvalue weighted by Crippen LogP contribution is -2.12. The number of alkyl halides is 1. The van der Waals surface area contributed by atoms with Gasteiger partial charge in [0.05, 0.1) is 0 Å². The number of nitrogens with two attached hydrogens (primary N) is 1. The quantitative estimate of drug-likeness (QED) is 0.787. The summed E-state index contributed by atoms with van der Waals surface area (Å²) >= 11 is 3.29. The molecule has 0 bridgehead atoms. The molecular weight excluding hydrogens is 221 g/mol. The summed E-state index contributed by atoms with van der Waals surface area (Å²) in [5, 5.41) is 0. The van der Waals surface area contributed by atoms with E-state index in [1.807, 2.05) is 12.1 Å². The first kappa shape index (κ1) is 8.20. The summed E-state index contributed by atoms with van der Waals surface area (Å²) in [7, 11) is 0. The molecule has 0 heterocycles. The third-order valence-corrected chi connectivity index (χ3v) is 2.74. The second kappa shape index (κ2) is 2.54. The Balaban J connectivity index is 2.36. The molecule has 12 heavy (non-hydrogen) atoms. The maximum atomic E-state index is 13.7. The Kier molecular flexibility index (Phi) is 1.73. The Morgan fingerprint density at radius 3 is 2.75 bits per heavy atom. The van der Waals surface area contributed by atoms with Crippen molar-refractivity contribution in [3.05, 3.63) is 34.3 Å². The van der Waals surface area contributed by atoms with Gasteiger partial charge in [-0.1, -0.05) is 28.1 Å². The van der Waals surface area contributed by atoms with E-state index in [2.05, 4.69) is 15.9 Å². The SMILES string of the molecule is N[C@H]1C[C@]1(F)c1cccc(Br)c1. The van der Waals surface area contributed by atoms with E-state index in [0.717, 1.165) is 4.47 Å². The molecule has 0 amide bonds. The fourth-order valence-corrected chi connectivity index (χ4v) is 1.74. The highest BCUT2D eigenvalue weighted by atomic mass is 79.9. The first-order chi connectivity index (χ1) is 5.63. The molecular formula is C9H9BrFN. The van der Waals surface area contributed by atoms with Crippen molar-refractivity contribution in [2.45, 2.75) is 18.1 Å². The van der Waals surface area contributed by atoms with Crippen LogP contribution in [0.2, 0.25) is 0 Å². The number of rotatable bonds is 1. The second-order valence-corrected chi connectivity index (χ2v) is 4.10. The normalized spacial score (nSPS) is 33.4. The van der Waals surface area contributed by atoms with E-state index in [9.17, 15) is 4.39 Å². The summed E-state index contributed by atoms with van der Waals surface area (Å²) in [5.74, 6) is 0. The highest BCUT2D eigenvalue weighted by molar-refractivity contribution is 9.10. The standard InChI is InChI=1S/C9H9BrFN/c10-7-3-1-2-6(4-7)9(11)5-8(9)12/h1-4,8H,5,12H2/t8-,9-/m0/s1. The van der Waals surface area contributed by atoms with Crippen LogP contribution in [0, 0.1) is 0 Å². The summed E-state index contributed by atoms with van der Waals surface area (Å²) in [6.45, 7) is 0. The topological polar surface area (TPSA) is 26.0 Å². The maximum absolute atomic E-state index is 13.7. The van der Waals surface area contributed by atoms with Gasteiger partial charge in [0.25, 0.3) is 0 Å². The highest BCUT2D eigenvalue weighted by Gasteiger charge is 2.54. The van der Waals surface area contributed by atoms with Crippen molar-refractivity contribution in [2.24, 2.45) is 5.73 Å².